The summed E-state index contributed by atoms with van der Waals surface area (Å²) in [7, 11) is 0. The minimum absolute atomic E-state index is 0.530. The number of carbonyl (C=O) groups is 2. The van der Waals surface area contributed by atoms with Crippen molar-refractivity contribution < 1.29 is 27.7 Å². The van der Waals surface area contributed by atoms with Gasteiger partial charge in [0.15, 0.2) is 11.6 Å². The highest BCUT2D eigenvalue weighted by atomic mass is 19.4. The number of nitrogens with zero attached hydrogens (tertiary/aromatic N) is 1. The molecule has 22 heavy (non-hydrogen) atoms. The fraction of sp³-hybridized carbons (Fsp3) is 0.286. The van der Waals surface area contributed by atoms with Gasteiger partial charge in [0, 0.05) is 10.5 Å². The van der Waals surface area contributed by atoms with Gasteiger partial charge in [-0.05, 0) is 25.5 Å². The van der Waals surface area contributed by atoms with Gasteiger partial charge in [-0.25, -0.2) is 0 Å². The topological polar surface area (TPSA) is 77.3 Å². The van der Waals surface area contributed by atoms with Crippen molar-refractivity contribution in [2.75, 3.05) is 6.54 Å². The van der Waals surface area contributed by atoms with E-state index in [4.69, 9.17) is 0 Å². The van der Waals surface area contributed by atoms with E-state index in [9.17, 15) is 32.9 Å². The Balaban J connectivity index is 3.76. The van der Waals surface area contributed by atoms with Gasteiger partial charge < -0.3 is 0 Å². The molecule has 0 bridgehead atoms. The minimum Gasteiger partial charge on any atom is -0.294 e. The van der Waals surface area contributed by atoms with Gasteiger partial charge in [-0.2, -0.15) is 13.2 Å². The van der Waals surface area contributed by atoms with Gasteiger partial charge >= 0.3 is 6.18 Å². The molecule has 5 nitrogen and oxygen atoms in total. The van der Waals surface area contributed by atoms with Crippen molar-refractivity contribution in [1.29, 1.82) is 0 Å². The summed E-state index contributed by atoms with van der Waals surface area (Å²) in [5.74, 6) is -1.64. The molecule has 0 atom stereocenters. The van der Waals surface area contributed by atoms with E-state index >= 15 is 0 Å². The molecule has 0 saturated heterocycles. The molecule has 0 aliphatic heterocycles. The second kappa shape index (κ2) is 6.50. The smallest absolute Gasteiger partial charge is 0.294 e. The first-order valence-corrected chi connectivity index (χ1v) is 6.09. The Morgan fingerprint density at radius 3 is 2.05 bits per heavy atom. The molecule has 0 unspecified atom stereocenters. The van der Waals surface area contributed by atoms with E-state index < -0.39 is 51.5 Å². The molecule has 0 aliphatic rings. The first-order chi connectivity index (χ1) is 10.1. The minimum atomic E-state index is -4.77. The number of ketones is 2. The van der Waals surface area contributed by atoms with Crippen LogP contribution < -0.4 is 0 Å². The Kier molecular flexibility index (Phi) is 5.19. The third-order valence-electron chi connectivity index (χ3n) is 2.85. The number of alkyl halides is 3. The van der Waals surface area contributed by atoms with Crippen LogP contribution in [0.5, 0.6) is 0 Å². The molecule has 8 heteroatoms. The summed E-state index contributed by atoms with van der Waals surface area (Å²) < 4.78 is 39.1. The summed E-state index contributed by atoms with van der Waals surface area (Å²) in [5.41, 5.74) is -2.79. The van der Waals surface area contributed by atoms with Gasteiger partial charge in [-0.3, -0.25) is 19.7 Å². The Morgan fingerprint density at radius 2 is 1.64 bits per heavy atom. The van der Waals surface area contributed by atoms with Crippen LogP contribution in [0.4, 0.5) is 13.2 Å². The van der Waals surface area contributed by atoms with E-state index in [1.807, 2.05) is 0 Å². The van der Waals surface area contributed by atoms with E-state index in [1.54, 1.807) is 0 Å². The van der Waals surface area contributed by atoms with E-state index in [0.29, 0.717) is 0 Å². The van der Waals surface area contributed by atoms with Crippen molar-refractivity contribution in [2.45, 2.75) is 20.0 Å². The Bertz CT molecular complexity index is 646. The van der Waals surface area contributed by atoms with Gasteiger partial charge in [-0.15, -0.1) is 0 Å². The maximum atomic E-state index is 13.0. The number of benzene rings is 1. The van der Waals surface area contributed by atoms with Crippen LogP contribution in [0.15, 0.2) is 29.8 Å². The average Bonchev–Trinajstić information content (AvgIpc) is 2.35. The van der Waals surface area contributed by atoms with Crippen molar-refractivity contribution in [2.24, 2.45) is 0 Å². The van der Waals surface area contributed by atoms with Crippen LogP contribution in [0, 0.1) is 10.1 Å². The van der Waals surface area contributed by atoms with E-state index in [2.05, 4.69) is 0 Å². The van der Waals surface area contributed by atoms with Gasteiger partial charge in [-0.1, -0.05) is 18.2 Å². The summed E-state index contributed by atoms with van der Waals surface area (Å²) in [4.78, 5) is 33.0. The zero-order valence-corrected chi connectivity index (χ0v) is 11.7. The lowest BCUT2D eigenvalue weighted by Gasteiger charge is -2.15. The number of rotatable bonds is 5. The molecule has 0 saturated carbocycles. The molecule has 1 rings (SSSR count). The predicted molar refractivity (Wildman–Crippen MR) is 71.6 cm³/mol. The van der Waals surface area contributed by atoms with E-state index in [0.717, 1.165) is 32.0 Å². The monoisotopic (exact) mass is 315 g/mol. The van der Waals surface area contributed by atoms with Crippen LogP contribution in [0.2, 0.25) is 0 Å². The molecular formula is C14H12F3NO4. The van der Waals surface area contributed by atoms with Crippen molar-refractivity contribution in [1.82, 2.24) is 0 Å². The molecule has 0 fully saturated rings. The lowest BCUT2D eigenvalue weighted by molar-refractivity contribution is -0.465. The van der Waals surface area contributed by atoms with Gasteiger partial charge in [0.1, 0.15) is 0 Å². The van der Waals surface area contributed by atoms with Gasteiger partial charge in [0.25, 0.3) is 0 Å². The van der Waals surface area contributed by atoms with E-state index in [1.165, 1.54) is 6.07 Å². The Morgan fingerprint density at radius 1 is 1.14 bits per heavy atom. The Hall–Kier alpha value is -2.51. The van der Waals surface area contributed by atoms with Crippen molar-refractivity contribution in [3.05, 3.63) is 51.1 Å². The predicted octanol–water partition coefficient (Wildman–Crippen LogP) is 2.91. The summed E-state index contributed by atoms with van der Waals surface area (Å²) in [6.07, 6.45) is -4.77. The number of carbonyl (C=O) groups excluding carboxylic acids is 2. The first kappa shape index (κ1) is 17.5. The second-order valence-corrected chi connectivity index (χ2v) is 4.50. The molecule has 0 aromatic heterocycles. The number of hydrogen-bond donors (Lipinski definition) is 0. The summed E-state index contributed by atoms with van der Waals surface area (Å²) >= 11 is 0. The SMILES string of the molecule is CC(=O)C(C(C)=O)=C(C[N+](=O)[O-])c1ccccc1C(F)(F)F. The van der Waals surface area contributed by atoms with E-state index in [-0.39, 0.29) is 0 Å². The largest absolute Gasteiger partial charge is 0.417 e. The van der Waals surface area contributed by atoms with Crippen LogP contribution >= 0.6 is 0 Å². The molecule has 0 heterocycles. The molecule has 0 spiro atoms. The molecule has 0 amide bonds. The molecule has 1 aromatic carbocycles. The maximum Gasteiger partial charge on any atom is 0.417 e. The highest BCUT2D eigenvalue weighted by Crippen LogP contribution is 2.36. The molecule has 0 N–H and O–H groups in total. The van der Waals surface area contributed by atoms with Crippen LogP contribution in [-0.4, -0.2) is 23.0 Å². The van der Waals surface area contributed by atoms with Crippen LogP contribution in [0.3, 0.4) is 0 Å². The quantitative estimate of drug-likeness (QED) is 0.275. The second-order valence-electron chi connectivity index (χ2n) is 4.50. The zero-order valence-electron chi connectivity index (χ0n) is 11.7. The molecular weight excluding hydrogens is 303 g/mol. The highest BCUT2D eigenvalue weighted by Gasteiger charge is 2.36. The lowest BCUT2D eigenvalue weighted by Crippen LogP contribution is -2.18. The average molecular weight is 315 g/mol. The van der Waals surface area contributed by atoms with Gasteiger partial charge in [0.2, 0.25) is 6.54 Å². The summed E-state index contributed by atoms with van der Waals surface area (Å²) in [5, 5.41) is 10.8. The van der Waals surface area contributed by atoms with Crippen LogP contribution in [-0.2, 0) is 15.8 Å². The fourth-order valence-corrected chi connectivity index (χ4v) is 2.09. The molecule has 118 valence electrons. The summed E-state index contributed by atoms with van der Waals surface area (Å²) in [6.45, 7) is 0.904. The lowest BCUT2D eigenvalue weighted by atomic mass is 9.91. The number of halogens is 3. The molecule has 0 radical (unpaired) electrons. The van der Waals surface area contributed by atoms with Crippen molar-refractivity contribution in [3.63, 3.8) is 0 Å². The number of Topliss-reactive ketones (excluding diaryl/α,β-unsaturated/α-hetero) is 2. The molecule has 1 aromatic rings. The number of hydrogen-bond acceptors (Lipinski definition) is 4. The van der Waals surface area contributed by atoms with Crippen molar-refractivity contribution in [3.8, 4) is 0 Å². The van der Waals surface area contributed by atoms with Crippen molar-refractivity contribution >= 4 is 17.1 Å². The Labute approximate surface area is 123 Å². The van der Waals surface area contributed by atoms with Crippen LogP contribution in [0.25, 0.3) is 5.57 Å². The first-order valence-electron chi connectivity index (χ1n) is 6.09. The molecule has 0 aliphatic carbocycles. The highest BCUT2D eigenvalue weighted by molar-refractivity contribution is 6.24. The van der Waals surface area contributed by atoms with Gasteiger partial charge in [0.05, 0.1) is 11.1 Å². The van der Waals surface area contributed by atoms with Crippen LogP contribution in [0.1, 0.15) is 25.0 Å². The third-order valence-corrected chi connectivity index (χ3v) is 2.85. The normalized spacial score (nSPS) is 11.0. The summed E-state index contributed by atoms with van der Waals surface area (Å²) in [6, 6.07) is 4.13. The maximum absolute atomic E-state index is 13.0. The number of nitro groups is 1. The standard InChI is InChI=1S/C14H12F3NO4/c1-8(19)13(9(2)20)11(7-18(21)22)10-5-3-4-6-12(10)14(15,16)17/h3-6H,7H2,1-2H3. The third kappa shape index (κ3) is 4.00. The fourth-order valence-electron chi connectivity index (χ4n) is 2.09. The number of allylic oxidation sites excluding steroid dienone is 1. The zero-order chi connectivity index (χ0) is 17.1.